The maximum Gasteiger partial charge on any atom is 0.349 e. The summed E-state index contributed by atoms with van der Waals surface area (Å²) < 4.78 is 31.7. The van der Waals surface area contributed by atoms with Gasteiger partial charge in [-0.25, -0.2) is 17.9 Å². The minimum atomic E-state index is -3.74. The minimum absolute atomic E-state index is 0.00535. The highest BCUT2D eigenvalue weighted by molar-refractivity contribution is 7.89. The van der Waals surface area contributed by atoms with E-state index in [1.165, 1.54) is 7.11 Å². The smallest absolute Gasteiger partial charge is 0.349 e. The number of sulfonamides is 1. The van der Waals surface area contributed by atoms with Crippen LogP contribution in [0.15, 0.2) is 10.3 Å². The van der Waals surface area contributed by atoms with Crippen LogP contribution in [0.1, 0.15) is 28.1 Å². The summed E-state index contributed by atoms with van der Waals surface area (Å²) >= 11 is 1.06. The molecule has 1 aromatic rings. The molecule has 0 radical (unpaired) electrons. The molecule has 0 unspecified atom stereocenters. The summed E-state index contributed by atoms with van der Waals surface area (Å²) in [6.45, 7) is 1.92. The standard InChI is InChI=1S/C12H17NO5S2/c1-7-6-19-10(12(15)18-2)11(7)20(16,17)13-5-8-3-9(14)4-8/h6,8-9,13-14H,3-5H2,1-2H3. The molecular formula is C12H17NO5S2. The van der Waals surface area contributed by atoms with Gasteiger partial charge in [0.05, 0.1) is 13.2 Å². The second-order valence-electron chi connectivity index (χ2n) is 4.91. The number of nitrogens with one attached hydrogen (secondary N) is 1. The molecule has 8 heteroatoms. The maximum atomic E-state index is 12.3. The lowest BCUT2D eigenvalue weighted by Gasteiger charge is -2.31. The fraction of sp³-hybridized carbons (Fsp3) is 0.583. The Balaban J connectivity index is 2.16. The van der Waals surface area contributed by atoms with E-state index in [1.807, 2.05) is 0 Å². The van der Waals surface area contributed by atoms with Crippen molar-refractivity contribution in [2.45, 2.75) is 30.8 Å². The van der Waals surface area contributed by atoms with Gasteiger partial charge in [0.2, 0.25) is 10.0 Å². The van der Waals surface area contributed by atoms with E-state index < -0.39 is 16.0 Å². The van der Waals surface area contributed by atoms with Crippen LogP contribution in [-0.2, 0) is 14.8 Å². The van der Waals surface area contributed by atoms with Crippen LogP contribution >= 0.6 is 11.3 Å². The third-order valence-electron chi connectivity index (χ3n) is 3.33. The van der Waals surface area contributed by atoms with Crippen LogP contribution in [0.4, 0.5) is 0 Å². The highest BCUT2D eigenvalue weighted by Gasteiger charge is 2.31. The van der Waals surface area contributed by atoms with Gasteiger partial charge in [0.25, 0.3) is 0 Å². The second kappa shape index (κ2) is 5.80. The van der Waals surface area contributed by atoms with Crippen LogP contribution in [-0.4, -0.2) is 39.3 Å². The number of esters is 1. The predicted molar refractivity (Wildman–Crippen MR) is 74.3 cm³/mol. The van der Waals surface area contributed by atoms with Crippen LogP contribution in [0.2, 0.25) is 0 Å². The summed E-state index contributed by atoms with van der Waals surface area (Å²) in [5, 5.41) is 10.8. The van der Waals surface area contributed by atoms with Gasteiger partial charge in [-0.1, -0.05) is 0 Å². The molecule has 0 amide bonds. The molecule has 0 aliphatic heterocycles. The van der Waals surface area contributed by atoms with Crippen molar-refractivity contribution >= 4 is 27.3 Å². The minimum Gasteiger partial charge on any atom is -0.465 e. The van der Waals surface area contributed by atoms with E-state index in [-0.39, 0.29) is 28.3 Å². The van der Waals surface area contributed by atoms with E-state index in [0.717, 1.165) is 11.3 Å². The first-order valence-corrected chi connectivity index (χ1v) is 8.55. The third-order valence-corrected chi connectivity index (χ3v) is 6.15. The first-order valence-electron chi connectivity index (χ1n) is 6.19. The van der Waals surface area contributed by atoms with Gasteiger partial charge < -0.3 is 9.84 Å². The number of methoxy groups -OCH3 is 1. The number of ether oxygens (including phenoxy) is 1. The molecule has 0 atom stereocenters. The molecule has 0 saturated heterocycles. The Kier molecular flexibility index (Phi) is 4.48. The first kappa shape index (κ1) is 15.4. The van der Waals surface area contributed by atoms with Gasteiger partial charge in [-0.2, -0.15) is 0 Å². The molecule has 0 spiro atoms. The molecule has 1 fully saturated rings. The molecule has 1 aliphatic carbocycles. The van der Waals surface area contributed by atoms with Crippen LogP contribution in [0.25, 0.3) is 0 Å². The van der Waals surface area contributed by atoms with Gasteiger partial charge in [0, 0.05) is 6.54 Å². The second-order valence-corrected chi connectivity index (χ2v) is 7.50. The number of carbonyl (C=O) groups excluding carboxylic acids is 1. The Bertz CT molecular complexity index is 601. The molecule has 1 aliphatic rings. The van der Waals surface area contributed by atoms with Crippen molar-refractivity contribution in [1.29, 1.82) is 0 Å². The summed E-state index contributed by atoms with van der Waals surface area (Å²) in [5.41, 5.74) is 0.525. The van der Waals surface area contributed by atoms with E-state index in [2.05, 4.69) is 9.46 Å². The van der Waals surface area contributed by atoms with E-state index in [9.17, 15) is 18.3 Å². The quantitative estimate of drug-likeness (QED) is 0.786. The van der Waals surface area contributed by atoms with E-state index in [1.54, 1.807) is 12.3 Å². The van der Waals surface area contributed by atoms with Gasteiger partial charge in [0.15, 0.2) is 0 Å². The summed E-state index contributed by atoms with van der Waals surface area (Å²) in [6, 6.07) is 0. The molecule has 2 N–H and O–H groups in total. The highest BCUT2D eigenvalue weighted by atomic mass is 32.2. The highest BCUT2D eigenvalue weighted by Crippen LogP contribution is 2.29. The SMILES string of the molecule is COC(=O)c1scc(C)c1S(=O)(=O)NCC1CC(O)C1. The number of thiophene rings is 1. The lowest BCUT2D eigenvalue weighted by atomic mass is 9.83. The lowest BCUT2D eigenvalue weighted by molar-refractivity contribution is 0.0453. The van der Waals surface area contributed by atoms with Crippen LogP contribution in [0, 0.1) is 12.8 Å². The molecule has 0 aromatic carbocycles. The van der Waals surface area contributed by atoms with E-state index in [4.69, 9.17) is 0 Å². The molecular weight excluding hydrogens is 302 g/mol. The number of aliphatic hydroxyl groups is 1. The topological polar surface area (TPSA) is 92.7 Å². The zero-order valence-electron chi connectivity index (χ0n) is 11.3. The third kappa shape index (κ3) is 3.03. The van der Waals surface area contributed by atoms with E-state index in [0.29, 0.717) is 18.4 Å². The van der Waals surface area contributed by atoms with Crippen LogP contribution < -0.4 is 4.72 Å². The Hall–Kier alpha value is -0.960. The first-order chi connectivity index (χ1) is 9.35. The molecule has 6 nitrogen and oxygen atoms in total. The van der Waals surface area contributed by atoms with Crippen molar-refractivity contribution < 1.29 is 23.1 Å². The zero-order chi connectivity index (χ0) is 14.9. The molecule has 0 bridgehead atoms. The summed E-state index contributed by atoms with van der Waals surface area (Å²) in [4.78, 5) is 11.7. The fourth-order valence-electron chi connectivity index (χ4n) is 2.17. The number of carbonyl (C=O) groups is 1. The van der Waals surface area contributed by atoms with Gasteiger partial charge in [-0.3, -0.25) is 0 Å². The number of aryl methyl sites for hydroxylation is 1. The Morgan fingerprint density at radius 1 is 1.55 bits per heavy atom. The lowest BCUT2D eigenvalue weighted by Crippen LogP contribution is -2.38. The number of rotatable bonds is 5. The van der Waals surface area contributed by atoms with Crippen molar-refractivity contribution in [1.82, 2.24) is 4.72 Å². The van der Waals surface area contributed by atoms with Crippen molar-refractivity contribution in [3.05, 3.63) is 15.8 Å². The normalized spacial score (nSPS) is 22.4. The van der Waals surface area contributed by atoms with Gasteiger partial charge in [-0.15, -0.1) is 11.3 Å². The van der Waals surface area contributed by atoms with Crippen LogP contribution in [0.3, 0.4) is 0 Å². The van der Waals surface area contributed by atoms with Crippen LogP contribution in [0.5, 0.6) is 0 Å². The Labute approximate surface area is 121 Å². The molecule has 1 saturated carbocycles. The molecule has 2 rings (SSSR count). The Morgan fingerprint density at radius 3 is 2.75 bits per heavy atom. The number of hydrogen-bond acceptors (Lipinski definition) is 6. The van der Waals surface area contributed by atoms with Crippen molar-refractivity contribution in [2.24, 2.45) is 5.92 Å². The van der Waals surface area contributed by atoms with Crippen molar-refractivity contribution in [3.63, 3.8) is 0 Å². The average Bonchev–Trinajstić information content (AvgIpc) is 2.75. The predicted octanol–water partition coefficient (Wildman–Crippen LogP) is 0.892. The Morgan fingerprint density at radius 2 is 2.20 bits per heavy atom. The largest absolute Gasteiger partial charge is 0.465 e. The number of hydrogen-bond donors (Lipinski definition) is 2. The summed E-state index contributed by atoms with van der Waals surface area (Å²) in [6.07, 6.45) is 0.891. The average molecular weight is 319 g/mol. The van der Waals surface area contributed by atoms with Gasteiger partial charge in [-0.05, 0) is 36.6 Å². The van der Waals surface area contributed by atoms with E-state index >= 15 is 0 Å². The maximum absolute atomic E-state index is 12.3. The monoisotopic (exact) mass is 319 g/mol. The molecule has 112 valence electrons. The van der Waals surface area contributed by atoms with Gasteiger partial charge in [0.1, 0.15) is 9.77 Å². The summed E-state index contributed by atoms with van der Waals surface area (Å²) in [7, 11) is -2.52. The molecule has 20 heavy (non-hydrogen) atoms. The fourth-order valence-corrected chi connectivity index (χ4v) is 4.99. The molecule has 1 aromatic heterocycles. The molecule has 1 heterocycles. The van der Waals surface area contributed by atoms with Gasteiger partial charge >= 0.3 is 5.97 Å². The zero-order valence-corrected chi connectivity index (χ0v) is 12.9. The number of aliphatic hydroxyl groups excluding tert-OH is 1. The summed E-state index contributed by atoms with van der Waals surface area (Å²) in [5.74, 6) is -0.497. The van der Waals surface area contributed by atoms with Crippen molar-refractivity contribution in [2.75, 3.05) is 13.7 Å². The van der Waals surface area contributed by atoms with Crippen molar-refractivity contribution in [3.8, 4) is 0 Å².